The van der Waals surface area contributed by atoms with Crippen LogP contribution in [0.2, 0.25) is 0 Å². The standard InChI is InChI=1S/C12H21NOS/c1-10(9-14)8-13(3)11(2)7-12-5-4-6-15-12/h4-6,10-11,14H,7-9H2,1-3H3. The first-order valence-corrected chi connectivity index (χ1v) is 6.35. The number of hydrogen-bond donors (Lipinski definition) is 1. The fraction of sp³-hybridized carbons (Fsp3) is 0.667. The van der Waals surface area contributed by atoms with Gasteiger partial charge < -0.3 is 10.0 Å². The van der Waals surface area contributed by atoms with E-state index in [9.17, 15) is 0 Å². The summed E-state index contributed by atoms with van der Waals surface area (Å²) in [7, 11) is 2.13. The average molecular weight is 227 g/mol. The number of hydrogen-bond acceptors (Lipinski definition) is 3. The summed E-state index contributed by atoms with van der Waals surface area (Å²) in [5.41, 5.74) is 0. The van der Waals surface area contributed by atoms with E-state index in [1.54, 1.807) is 0 Å². The molecule has 1 N–H and O–H groups in total. The van der Waals surface area contributed by atoms with Gasteiger partial charge in [-0.25, -0.2) is 0 Å². The van der Waals surface area contributed by atoms with Crippen LogP contribution in [0.25, 0.3) is 0 Å². The molecular formula is C12H21NOS. The Kier molecular flexibility index (Phi) is 5.29. The monoisotopic (exact) mass is 227 g/mol. The fourth-order valence-electron chi connectivity index (χ4n) is 1.61. The van der Waals surface area contributed by atoms with Gasteiger partial charge in [-0.15, -0.1) is 11.3 Å². The van der Waals surface area contributed by atoms with Crippen LogP contribution in [-0.4, -0.2) is 36.2 Å². The Bertz CT molecular complexity index is 261. The largest absolute Gasteiger partial charge is 0.396 e. The summed E-state index contributed by atoms with van der Waals surface area (Å²) in [6.07, 6.45) is 1.10. The van der Waals surface area contributed by atoms with Gasteiger partial charge in [-0.2, -0.15) is 0 Å². The van der Waals surface area contributed by atoms with E-state index in [1.807, 2.05) is 11.3 Å². The van der Waals surface area contributed by atoms with E-state index in [1.165, 1.54) is 4.88 Å². The molecule has 2 atom stereocenters. The molecule has 0 fully saturated rings. The molecule has 0 bridgehead atoms. The van der Waals surface area contributed by atoms with Crippen molar-refractivity contribution < 1.29 is 5.11 Å². The van der Waals surface area contributed by atoms with Crippen molar-refractivity contribution in [3.05, 3.63) is 22.4 Å². The van der Waals surface area contributed by atoms with E-state index in [0.717, 1.165) is 13.0 Å². The van der Waals surface area contributed by atoms with Crippen LogP contribution < -0.4 is 0 Å². The lowest BCUT2D eigenvalue weighted by atomic mass is 10.1. The molecule has 1 rings (SSSR count). The smallest absolute Gasteiger partial charge is 0.0468 e. The zero-order chi connectivity index (χ0) is 11.3. The Balaban J connectivity index is 2.36. The molecule has 2 nitrogen and oxygen atoms in total. The SMILES string of the molecule is CC(CO)CN(C)C(C)Cc1cccs1. The number of thiophene rings is 1. The van der Waals surface area contributed by atoms with Crippen LogP contribution in [0.15, 0.2) is 17.5 Å². The van der Waals surface area contributed by atoms with Crippen molar-refractivity contribution in [3.8, 4) is 0 Å². The lowest BCUT2D eigenvalue weighted by Gasteiger charge is -2.26. The molecule has 0 radical (unpaired) electrons. The summed E-state index contributed by atoms with van der Waals surface area (Å²) in [6.45, 7) is 5.55. The second-order valence-corrected chi connectivity index (χ2v) is 5.39. The highest BCUT2D eigenvalue weighted by molar-refractivity contribution is 7.09. The van der Waals surface area contributed by atoms with Crippen molar-refractivity contribution in [2.24, 2.45) is 5.92 Å². The highest BCUT2D eigenvalue weighted by Crippen LogP contribution is 2.14. The third-order valence-corrected chi connectivity index (χ3v) is 3.64. The summed E-state index contributed by atoms with van der Waals surface area (Å²) < 4.78 is 0. The normalized spacial score (nSPS) is 15.5. The number of aliphatic hydroxyl groups is 1. The van der Waals surface area contributed by atoms with Crippen molar-refractivity contribution >= 4 is 11.3 Å². The van der Waals surface area contributed by atoms with Crippen molar-refractivity contribution in [1.82, 2.24) is 4.90 Å². The second-order valence-electron chi connectivity index (χ2n) is 4.36. The molecule has 0 saturated heterocycles. The van der Waals surface area contributed by atoms with E-state index >= 15 is 0 Å². The van der Waals surface area contributed by atoms with Gasteiger partial charge >= 0.3 is 0 Å². The lowest BCUT2D eigenvalue weighted by molar-refractivity contribution is 0.166. The van der Waals surface area contributed by atoms with Gasteiger partial charge in [0, 0.05) is 24.1 Å². The molecule has 1 aromatic heterocycles. The van der Waals surface area contributed by atoms with Gasteiger partial charge in [0.1, 0.15) is 0 Å². The van der Waals surface area contributed by atoms with Crippen molar-refractivity contribution in [3.63, 3.8) is 0 Å². The fourth-order valence-corrected chi connectivity index (χ4v) is 2.43. The molecular weight excluding hydrogens is 206 g/mol. The van der Waals surface area contributed by atoms with Crippen molar-refractivity contribution in [2.45, 2.75) is 26.3 Å². The van der Waals surface area contributed by atoms with E-state index < -0.39 is 0 Å². The van der Waals surface area contributed by atoms with Crippen LogP contribution in [-0.2, 0) is 6.42 Å². The third-order valence-electron chi connectivity index (χ3n) is 2.74. The zero-order valence-electron chi connectivity index (χ0n) is 9.81. The van der Waals surface area contributed by atoms with Gasteiger partial charge in [-0.3, -0.25) is 0 Å². The summed E-state index contributed by atoms with van der Waals surface area (Å²) >= 11 is 1.82. The quantitative estimate of drug-likeness (QED) is 0.805. The first-order valence-electron chi connectivity index (χ1n) is 5.47. The number of rotatable bonds is 6. The predicted molar refractivity (Wildman–Crippen MR) is 66.4 cm³/mol. The van der Waals surface area contributed by atoms with Gasteiger partial charge in [0.15, 0.2) is 0 Å². The molecule has 1 heterocycles. The summed E-state index contributed by atoms with van der Waals surface area (Å²) in [6, 6.07) is 4.82. The molecule has 15 heavy (non-hydrogen) atoms. The Morgan fingerprint density at radius 1 is 1.47 bits per heavy atom. The van der Waals surface area contributed by atoms with Crippen LogP contribution in [0.5, 0.6) is 0 Å². The minimum Gasteiger partial charge on any atom is -0.396 e. The highest BCUT2D eigenvalue weighted by atomic mass is 32.1. The first-order chi connectivity index (χ1) is 7.13. The Hall–Kier alpha value is -0.380. The van der Waals surface area contributed by atoms with Crippen LogP contribution in [0.4, 0.5) is 0 Å². The zero-order valence-corrected chi connectivity index (χ0v) is 10.6. The van der Waals surface area contributed by atoms with Gasteiger partial charge in [-0.05, 0) is 37.8 Å². The number of nitrogens with zero attached hydrogens (tertiary/aromatic N) is 1. The van der Waals surface area contributed by atoms with E-state index in [2.05, 4.69) is 43.3 Å². The van der Waals surface area contributed by atoms with Crippen molar-refractivity contribution in [2.75, 3.05) is 20.2 Å². The molecule has 0 amide bonds. The topological polar surface area (TPSA) is 23.5 Å². The molecule has 86 valence electrons. The Morgan fingerprint density at radius 3 is 2.73 bits per heavy atom. The summed E-state index contributed by atoms with van der Waals surface area (Å²) in [5, 5.41) is 11.1. The maximum atomic E-state index is 9.00. The molecule has 0 aromatic carbocycles. The molecule has 0 aliphatic carbocycles. The Morgan fingerprint density at radius 2 is 2.20 bits per heavy atom. The third kappa shape index (κ3) is 4.33. The van der Waals surface area contributed by atoms with Crippen LogP contribution in [0.1, 0.15) is 18.7 Å². The molecule has 0 aliphatic heterocycles. The molecule has 1 aromatic rings. The van der Waals surface area contributed by atoms with E-state index in [-0.39, 0.29) is 6.61 Å². The first kappa shape index (κ1) is 12.7. The van der Waals surface area contributed by atoms with Gasteiger partial charge in [0.25, 0.3) is 0 Å². The van der Waals surface area contributed by atoms with Gasteiger partial charge in [0.05, 0.1) is 0 Å². The molecule has 3 heteroatoms. The van der Waals surface area contributed by atoms with Gasteiger partial charge in [-0.1, -0.05) is 13.0 Å². The highest BCUT2D eigenvalue weighted by Gasteiger charge is 2.12. The summed E-state index contributed by atoms with van der Waals surface area (Å²) in [5.74, 6) is 0.362. The maximum absolute atomic E-state index is 9.00. The van der Waals surface area contributed by atoms with Crippen LogP contribution >= 0.6 is 11.3 Å². The minimum atomic E-state index is 0.274. The molecule has 0 saturated carbocycles. The summed E-state index contributed by atoms with van der Waals surface area (Å²) in [4.78, 5) is 3.76. The van der Waals surface area contributed by atoms with Gasteiger partial charge in [0.2, 0.25) is 0 Å². The number of likely N-dealkylation sites (N-methyl/N-ethyl adjacent to an activating group) is 1. The van der Waals surface area contributed by atoms with Crippen LogP contribution in [0, 0.1) is 5.92 Å². The predicted octanol–water partition coefficient (Wildman–Crippen LogP) is 2.24. The van der Waals surface area contributed by atoms with Crippen molar-refractivity contribution in [1.29, 1.82) is 0 Å². The molecule has 0 spiro atoms. The maximum Gasteiger partial charge on any atom is 0.0468 e. The average Bonchev–Trinajstić information content (AvgIpc) is 2.70. The second kappa shape index (κ2) is 6.26. The van der Waals surface area contributed by atoms with E-state index in [0.29, 0.717) is 12.0 Å². The minimum absolute atomic E-state index is 0.274. The van der Waals surface area contributed by atoms with E-state index in [4.69, 9.17) is 5.11 Å². The Labute approximate surface area is 96.5 Å². The number of aliphatic hydroxyl groups excluding tert-OH is 1. The molecule has 0 aliphatic rings. The van der Waals surface area contributed by atoms with Crippen LogP contribution in [0.3, 0.4) is 0 Å². The molecule has 2 unspecified atom stereocenters. The lowest BCUT2D eigenvalue weighted by Crippen LogP contribution is -2.35.